The molecule has 0 bridgehead atoms. The van der Waals surface area contributed by atoms with E-state index in [4.69, 9.17) is 4.74 Å². The molecule has 0 aliphatic heterocycles. The molecule has 0 aliphatic rings. The quantitative estimate of drug-likeness (QED) is 0.609. The molecule has 0 amide bonds. The normalized spacial score (nSPS) is 9.89. The van der Waals surface area contributed by atoms with Crippen molar-refractivity contribution in [1.82, 2.24) is 0 Å². The minimum atomic E-state index is 0.428. The van der Waals surface area contributed by atoms with Crippen molar-refractivity contribution < 1.29 is 9.53 Å². The van der Waals surface area contributed by atoms with E-state index in [0.29, 0.717) is 13.0 Å². The Morgan fingerprint density at radius 2 is 1.74 bits per heavy atom. The zero-order chi connectivity index (χ0) is 13.3. The summed E-state index contributed by atoms with van der Waals surface area (Å²) in [5.74, 6) is 0.797. The highest BCUT2D eigenvalue weighted by Crippen LogP contribution is 2.14. The first-order chi connectivity index (χ1) is 9.38. The summed E-state index contributed by atoms with van der Waals surface area (Å²) in [6, 6.07) is 18.0. The molecule has 3 nitrogen and oxygen atoms in total. The summed E-state index contributed by atoms with van der Waals surface area (Å²) >= 11 is 0. The Labute approximate surface area is 113 Å². The van der Waals surface area contributed by atoms with Crippen LogP contribution in [0.2, 0.25) is 0 Å². The number of benzene rings is 2. The summed E-state index contributed by atoms with van der Waals surface area (Å²) < 4.78 is 5.41. The average molecular weight is 255 g/mol. The molecule has 0 atom stereocenters. The summed E-state index contributed by atoms with van der Waals surface area (Å²) in [7, 11) is 0. The molecule has 98 valence electrons. The molecule has 0 radical (unpaired) electrons. The van der Waals surface area contributed by atoms with Gasteiger partial charge in [-0.3, -0.25) is 0 Å². The number of ether oxygens (including phenoxy) is 1. The highest BCUT2D eigenvalue weighted by Gasteiger charge is 1.96. The zero-order valence-corrected chi connectivity index (χ0v) is 10.7. The summed E-state index contributed by atoms with van der Waals surface area (Å²) in [6.45, 7) is 1.21. The third-order valence-electron chi connectivity index (χ3n) is 2.70. The van der Waals surface area contributed by atoms with E-state index in [9.17, 15) is 4.79 Å². The molecule has 2 rings (SSSR count). The summed E-state index contributed by atoms with van der Waals surface area (Å²) in [6.07, 6.45) is 1.29. The number of hydrogen-bond donors (Lipinski definition) is 1. The first-order valence-corrected chi connectivity index (χ1v) is 6.33. The molecule has 0 fully saturated rings. The third kappa shape index (κ3) is 4.47. The molecule has 0 spiro atoms. The Balaban J connectivity index is 1.83. The van der Waals surface area contributed by atoms with Crippen molar-refractivity contribution >= 4 is 12.0 Å². The van der Waals surface area contributed by atoms with Crippen molar-refractivity contribution in [3.05, 3.63) is 60.2 Å². The van der Waals surface area contributed by atoms with E-state index in [1.54, 1.807) is 0 Å². The molecule has 19 heavy (non-hydrogen) atoms. The largest absolute Gasteiger partial charge is 0.493 e. The van der Waals surface area contributed by atoms with Crippen molar-refractivity contribution in [3.8, 4) is 5.75 Å². The Hall–Kier alpha value is -2.29. The van der Waals surface area contributed by atoms with Crippen LogP contribution in [0.25, 0.3) is 0 Å². The van der Waals surface area contributed by atoms with Gasteiger partial charge in [0.05, 0.1) is 6.61 Å². The first kappa shape index (κ1) is 13.1. The number of anilines is 1. The predicted molar refractivity (Wildman–Crippen MR) is 76.4 cm³/mol. The van der Waals surface area contributed by atoms with Gasteiger partial charge in [0.2, 0.25) is 0 Å². The van der Waals surface area contributed by atoms with Crippen LogP contribution in [-0.2, 0) is 11.3 Å². The topological polar surface area (TPSA) is 38.3 Å². The summed E-state index contributed by atoms with van der Waals surface area (Å²) in [4.78, 5) is 10.2. The second-order valence-corrected chi connectivity index (χ2v) is 4.17. The molecular weight excluding hydrogens is 238 g/mol. The van der Waals surface area contributed by atoms with E-state index in [0.717, 1.165) is 24.3 Å². The lowest BCUT2D eigenvalue weighted by Crippen LogP contribution is -2.00. The van der Waals surface area contributed by atoms with Gasteiger partial charge in [-0.25, -0.2) is 0 Å². The lowest BCUT2D eigenvalue weighted by Gasteiger charge is -2.08. The monoisotopic (exact) mass is 255 g/mol. The van der Waals surface area contributed by atoms with Gasteiger partial charge >= 0.3 is 0 Å². The fourth-order valence-corrected chi connectivity index (χ4v) is 1.69. The maximum atomic E-state index is 10.2. The summed E-state index contributed by atoms with van der Waals surface area (Å²) in [5.41, 5.74) is 2.29. The molecule has 0 aliphatic carbocycles. The maximum absolute atomic E-state index is 10.2. The van der Waals surface area contributed by atoms with E-state index in [1.807, 2.05) is 54.6 Å². The van der Waals surface area contributed by atoms with Crippen LogP contribution in [0, 0.1) is 0 Å². The standard InChI is InChI=1S/C16H17NO2/c18-11-4-12-19-16-9-7-14(8-10-16)13-17-15-5-2-1-3-6-15/h1-3,5-11,17H,4,12-13H2. The van der Waals surface area contributed by atoms with Crippen molar-refractivity contribution in [3.63, 3.8) is 0 Å². The number of aldehydes is 1. The fourth-order valence-electron chi connectivity index (χ4n) is 1.69. The highest BCUT2D eigenvalue weighted by molar-refractivity contribution is 5.49. The number of nitrogens with one attached hydrogen (secondary N) is 1. The number of carbonyl (C=O) groups is 1. The molecule has 3 heteroatoms. The average Bonchev–Trinajstić information content (AvgIpc) is 2.48. The van der Waals surface area contributed by atoms with Crippen LogP contribution in [-0.4, -0.2) is 12.9 Å². The van der Waals surface area contributed by atoms with E-state index < -0.39 is 0 Å². The highest BCUT2D eigenvalue weighted by atomic mass is 16.5. The Morgan fingerprint density at radius 3 is 2.42 bits per heavy atom. The van der Waals surface area contributed by atoms with Crippen molar-refractivity contribution in [2.24, 2.45) is 0 Å². The Morgan fingerprint density at radius 1 is 1.00 bits per heavy atom. The minimum Gasteiger partial charge on any atom is -0.493 e. The second kappa shape index (κ2) is 7.21. The van der Waals surface area contributed by atoms with Gasteiger partial charge < -0.3 is 14.8 Å². The fraction of sp³-hybridized carbons (Fsp3) is 0.188. The zero-order valence-electron chi connectivity index (χ0n) is 10.7. The van der Waals surface area contributed by atoms with Gasteiger partial charge in [0, 0.05) is 18.7 Å². The van der Waals surface area contributed by atoms with Crippen molar-refractivity contribution in [2.45, 2.75) is 13.0 Å². The molecule has 0 saturated heterocycles. The van der Waals surface area contributed by atoms with Gasteiger partial charge in [-0.2, -0.15) is 0 Å². The Kier molecular flexibility index (Phi) is 4.99. The van der Waals surface area contributed by atoms with Crippen LogP contribution in [0.4, 0.5) is 5.69 Å². The third-order valence-corrected chi connectivity index (χ3v) is 2.70. The lowest BCUT2D eigenvalue weighted by atomic mass is 10.2. The number of para-hydroxylation sites is 1. The molecule has 2 aromatic carbocycles. The Bertz CT molecular complexity index is 494. The van der Waals surface area contributed by atoms with Crippen molar-refractivity contribution in [1.29, 1.82) is 0 Å². The van der Waals surface area contributed by atoms with Gasteiger partial charge in [-0.05, 0) is 29.8 Å². The summed E-state index contributed by atoms with van der Waals surface area (Å²) in [5, 5.41) is 3.35. The van der Waals surface area contributed by atoms with Crippen LogP contribution in [0.15, 0.2) is 54.6 Å². The first-order valence-electron chi connectivity index (χ1n) is 6.33. The van der Waals surface area contributed by atoms with Crippen LogP contribution in [0.5, 0.6) is 5.75 Å². The molecule has 1 N–H and O–H groups in total. The number of carbonyl (C=O) groups excluding carboxylic acids is 1. The van der Waals surface area contributed by atoms with Gasteiger partial charge in [0.25, 0.3) is 0 Å². The van der Waals surface area contributed by atoms with Gasteiger partial charge in [-0.15, -0.1) is 0 Å². The van der Waals surface area contributed by atoms with Gasteiger partial charge in [0.15, 0.2) is 0 Å². The molecule has 0 heterocycles. The molecule has 0 aromatic heterocycles. The molecule has 2 aromatic rings. The predicted octanol–water partition coefficient (Wildman–Crippen LogP) is 3.27. The SMILES string of the molecule is O=CCCOc1ccc(CNc2ccccc2)cc1. The lowest BCUT2D eigenvalue weighted by molar-refractivity contribution is -0.108. The maximum Gasteiger partial charge on any atom is 0.123 e. The van der Waals surface area contributed by atoms with Crippen LogP contribution >= 0.6 is 0 Å². The number of hydrogen-bond acceptors (Lipinski definition) is 3. The minimum absolute atomic E-state index is 0.428. The van der Waals surface area contributed by atoms with Crippen molar-refractivity contribution in [2.75, 3.05) is 11.9 Å². The molecule has 0 unspecified atom stereocenters. The van der Waals surface area contributed by atoms with E-state index in [-0.39, 0.29) is 0 Å². The second-order valence-electron chi connectivity index (χ2n) is 4.17. The van der Waals surface area contributed by atoms with Gasteiger partial charge in [0.1, 0.15) is 12.0 Å². The van der Waals surface area contributed by atoms with E-state index >= 15 is 0 Å². The van der Waals surface area contributed by atoms with Gasteiger partial charge in [-0.1, -0.05) is 30.3 Å². The van der Waals surface area contributed by atoms with Crippen LogP contribution < -0.4 is 10.1 Å². The number of rotatable bonds is 7. The molecular formula is C16H17NO2. The van der Waals surface area contributed by atoms with Crippen LogP contribution in [0.1, 0.15) is 12.0 Å². The smallest absolute Gasteiger partial charge is 0.123 e. The van der Waals surface area contributed by atoms with E-state index in [1.165, 1.54) is 5.56 Å². The molecule has 0 saturated carbocycles. The van der Waals surface area contributed by atoms with Crippen LogP contribution in [0.3, 0.4) is 0 Å². The van der Waals surface area contributed by atoms with E-state index in [2.05, 4.69) is 5.32 Å².